The van der Waals surface area contributed by atoms with Crippen molar-refractivity contribution in [1.29, 1.82) is 0 Å². The summed E-state index contributed by atoms with van der Waals surface area (Å²) in [6, 6.07) is 133. The molecule has 8 bridgehead atoms. The molecule has 0 unspecified atom stereocenters. The zero-order valence-electron chi connectivity index (χ0n) is 87.0. The standard InChI is InChI=1S/C71H54N3.C67H52N3.2Ir/c1-47-38-68(52-14-6-3-7-15-52)72-44-56(47)24-22-49-40-50(23-25-57-45-73-69(39-48(57)2)53-16-8-4-9-17-53)42-58(41-49)60-20-12-13-21-61(60)67-46-74-70(54-18-10-5-11-19-54)65-31-28-55(43-66(65)67)51-26-29-59(30-27-51)71-35-32-62-63(33-36-71)64(62)34-37-71;1-45-36-64(50-14-6-3-7-15-50)68-42-53(45)24-22-47-38-48(23-25-54-43-69-65(37-46(54)2)51-16-8-4-9-17-51)40-55(39-47)57-20-12-13-21-58(57)63-44-70-66(52-18-10-5-11-19-52)41-62(63)49-26-28-56(29-27-49)67-33-30-59-60(31-34-67)61(59)32-35-67;;/h3-14,16,18,20-21,26-46,62-64H,22-25H2,1-2H3;3-14,16,18,20-21,26-44,59-61H,22-25H2,1-2H3;;/q2*-3;2*+3/i2*1D3;;. The molecule has 6 aromatic heterocycles. The van der Waals surface area contributed by atoms with Gasteiger partial charge in [-0.05, 0) is 277 Å². The molecule has 0 amide bonds. The summed E-state index contributed by atoms with van der Waals surface area (Å²) in [6.07, 6.45) is 46.0. The third-order valence-electron chi connectivity index (χ3n) is 30.4. The minimum Gasteiger partial charge on any atom is -0.304 e. The molecule has 0 N–H and O–H groups in total. The first-order valence-electron chi connectivity index (χ1n) is 53.3. The third kappa shape index (κ3) is 19.8. The quantitative estimate of drug-likeness (QED) is 0.0397. The van der Waals surface area contributed by atoms with Crippen molar-refractivity contribution in [3.63, 3.8) is 0 Å². The van der Waals surface area contributed by atoms with E-state index in [1.54, 1.807) is 24.5 Å². The number of hydrogen-bond donors (Lipinski definition) is 0. The number of rotatable bonds is 26. The second kappa shape index (κ2) is 41.8. The van der Waals surface area contributed by atoms with Crippen molar-refractivity contribution in [2.45, 2.75) is 89.7 Å². The molecule has 6 heterocycles. The van der Waals surface area contributed by atoms with Gasteiger partial charge in [0.05, 0.1) is 0 Å². The first-order valence-corrected chi connectivity index (χ1v) is 50.3. The maximum Gasteiger partial charge on any atom is 3.00 e. The minimum atomic E-state index is -2.32. The zero-order valence-corrected chi connectivity index (χ0v) is 85.8. The van der Waals surface area contributed by atoms with Crippen LogP contribution in [-0.4, -0.2) is 29.9 Å². The van der Waals surface area contributed by atoms with Crippen LogP contribution in [0.5, 0.6) is 0 Å². The van der Waals surface area contributed by atoms with Gasteiger partial charge in [0, 0.05) is 67.4 Å². The zero-order chi connectivity index (χ0) is 102. The van der Waals surface area contributed by atoms with Gasteiger partial charge in [0.25, 0.3) is 0 Å². The number of hydrogen-bond acceptors (Lipinski definition) is 6. The Balaban J connectivity index is 0.000000169. The number of pyridine rings is 6. The molecule has 0 spiro atoms. The van der Waals surface area contributed by atoms with E-state index in [-0.39, 0.29) is 51.0 Å². The van der Waals surface area contributed by atoms with Gasteiger partial charge in [-0.15, -0.1) is 215 Å². The van der Waals surface area contributed by atoms with Crippen LogP contribution >= 0.6 is 0 Å². The molecule has 706 valence electrons. The Labute approximate surface area is 893 Å². The van der Waals surface area contributed by atoms with Crippen LogP contribution in [0.4, 0.5) is 0 Å². The average Bonchev–Trinajstić information content (AvgIpc) is 1.56. The number of aromatic nitrogens is 6. The molecule has 8 aliphatic carbocycles. The molecule has 0 atom stereocenters. The average molecular weight is 2240 g/mol. The van der Waals surface area contributed by atoms with Gasteiger partial charge < -0.3 is 29.9 Å². The van der Waals surface area contributed by atoms with E-state index in [1.807, 2.05) is 158 Å². The van der Waals surface area contributed by atoms with E-state index in [9.17, 15) is 0 Å². The van der Waals surface area contributed by atoms with Crippen LogP contribution in [0.1, 0.15) is 86.1 Å². The summed E-state index contributed by atoms with van der Waals surface area (Å²) >= 11 is 0. The number of fused-ring (bicyclic) bond motifs is 1. The second-order valence-corrected chi connectivity index (χ2v) is 39.3. The Bertz CT molecular complexity index is 8420. The summed E-state index contributed by atoms with van der Waals surface area (Å²) < 4.78 is 51.5. The Morgan fingerprint density at radius 2 is 0.548 bits per heavy atom. The fraction of sp³-hybridized carbons (Fsp3) is 0.145. The molecular weight excluding hydrogens is 2130 g/mol. The molecule has 2 saturated carbocycles. The van der Waals surface area contributed by atoms with Gasteiger partial charge in [-0.1, -0.05) is 271 Å². The fourth-order valence-electron chi connectivity index (χ4n) is 22.1. The maximum absolute atomic E-state index is 8.59. The predicted octanol–water partition coefficient (Wildman–Crippen LogP) is 31.7. The number of benzene rings is 13. The van der Waals surface area contributed by atoms with Crippen molar-refractivity contribution in [3.8, 4) is 134 Å². The van der Waals surface area contributed by atoms with Crippen molar-refractivity contribution in [2.24, 2.45) is 35.5 Å². The normalized spacial score (nSPS) is 18.8. The monoisotopic (exact) mass is 2240 g/mol. The van der Waals surface area contributed by atoms with Crippen LogP contribution in [0.3, 0.4) is 0 Å². The largest absolute Gasteiger partial charge is 3.00 e. The third-order valence-corrected chi connectivity index (χ3v) is 30.4. The molecule has 2 fully saturated rings. The Kier molecular flexibility index (Phi) is 25.3. The molecule has 146 heavy (non-hydrogen) atoms. The number of aryl methyl sites for hydroxylation is 12. The van der Waals surface area contributed by atoms with E-state index in [2.05, 4.69) is 305 Å². The molecule has 13 aromatic carbocycles. The van der Waals surface area contributed by atoms with Gasteiger partial charge in [0.1, 0.15) is 0 Å². The van der Waals surface area contributed by atoms with E-state index in [4.69, 9.17) is 38.1 Å². The molecule has 0 saturated heterocycles. The van der Waals surface area contributed by atoms with Crippen LogP contribution in [0, 0.1) is 99.5 Å². The van der Waals surface area contributed by atoms with Crippen LogP contribution in [0.2, 0.25) is 0 Å². The van der Waals surface area contributed by atoms with Gasteiger partial charge in [0.15, 0.2) is 0 Å². The number of allylic oxidation sites excluding steroid dienone is 12. The van der Waals surface area contributed by atoms with Crippen molar-refractivity contribution in [3.05, 3.63) is 552 Å². The predicted molar refractivity (Wildman–Crippen MR) is 589 cm³/mol. The summed E-state index contributed by atoms with van der Waals surface area (Å²) in [5, 5.41) is 2.16. The minimum absolute atomic E-state index is 0. The van der Waals surface area contributed by atoms with Crippen molar-refractivity contribution in [1.82, 2.24) is 29.9 Å². The van der Waals surface area contributed by atoms with Crippen molar-refractivity contribution in [2.75, 3.05) is 0 Å². The van der Waals surface area contributed by atoms with Crippen LogP contribution in [0.15, 0.2) is 438 Å². The van der Waals surface area contributed by atoms with Gasteiger partial charge >= 0.3 is 40.2 Å². The molecule has 8 aliphatic rings. The van der Waals surface area contributed by atoms with E-state index < -0.39 is 13.7 Å². The Morgan fingerprint density at radius 1 is 0.240 bits per heavy atom. The van der Waals surface area contributed by atoms with Gasteiger partial charge in [0.2, 0.25) is 0 Å². The second-order valence-electron chi connectivity index (χ2n) is 39.3. The fourth-order valence-corrected chi connectivity index (χ4v) is 22.1. The summed E-state index contributed by atoms with van der Waals surface area (Å²) in [4.78, 5) is 29.6. The van der Waals surface area contributed by atoms with Gasteiger partial charge in [-0.2, -0.15) is 0 Å². The Morgan fingerprint density at radius 3 is 0.911 bits per heavy atom. The first-order chi connectivity index (χ1) is 73.3. The summed E-state index contributed by atoms with van der Waals surface area (Å²) in [5.74, 6) is 3.80. The van der Waals surface area contributed by atoms with E-state index in [0.29, 0.717) is 94.8 Å². The van der Waals surface area contributed by atoms with Gasteiger partial charge in [-0.25, -0.2) is 0 Å². The van der Waals surface area contributed by atoms with Crippen LogP contribution < -0.4 is 0 Å². The Hall–Kier alpha value is -15.2. The first kappa shape index (κ1) is 88.5. The van der Waals surface area contributed by atoms with Crippen molar-refractivity contribution >= 4 is 10.8 Å². The molecule has 6 nitrogen and oxygen atoms in total. The molecular formula is C138H106Ir2N6. The smallest absolute Gasteiger partial charge is 0.304 e. The molecule has 8 heteroatoms. The molecule has 0 aliphatic heterocycles. The summed E-state index contributed by atoms with van der Waals surface area (Å²) in [7, 11) is 0. The van der Waals surface area contributed by atoms with Crippen molar-refractivity contribution < 1.29 is 48.4 Å². The molecule has 0 radical (unpaired) electrons. The number of nitrogens with zero attached hydrogens (tertiary/aromatic N) is 6. The topological polar surface area (TPSA) is 77.3 Å². The van der Waals surface area contributed by atoms with E-state index >= 15 is 0 Å². The SMILES string of the molecule is [2H]C([2H])([2H])c1cc(-c2[c-]cccc2)ncc1CCc1cc(CCc2cnc(-c3[c-]cccc3)cc2C)cc(-c2ccccc2-c2cnc(-c3[c-]cccc3)c3ccc(-c4ccc(C56C=CC7C(C=C5)C7C=C6)cc4)cc23)c1.[2H]C([2H])([2H])c1cc(-c2[c-]cccc2)ncc1CCc1cc(CCc2cnc(-c3[c-]cccc3)cc2C)cc(-c2ccccc2-c2cnc(-c3[c-]cccc3)cc2-c2ccc(C34C=CC5C(C=C3)C5C=C4)cc2)c1.[Ir+3].[Ir+3]. The van der Waals surface area contributed by atoms with Crippen LogP contribution in [0.25, 0.3) is 145 Å². The summed E-state index contributed by atoms with van der Waals surface area (Å²) in [6.45, 7) is -0.306. The molecule has 27 rings (SSSR count). The van der Waals surface area contributed by atoms with Gasteiger partial charge in [-0.3, -0.25) is 0 Å². The van der Waals surface area contributed by atoms with E-state index in [0.717, 1.165) is 171 Å². The maximum atomic E-state index is 8.59. The summed E-state index contributed by atoms with van der Waals surface area (Å²) in [5.41, 5.74) is 36.7. The van der Waals surface area contributed by atoms with Crippen LogP contribution in [-0.2, 0) is 102 Å². The molecule has 19 aromatic rings. The van der Waals surface area contributed by atoms with E-state index in [1.165, 1.54) is 44.5 Å².